The fourth-order valence-corrected chi connectivity index (χ4v) is 5.07. The monoisotopic (exact) mass is 768 g/mol. The third-order valence-electron chi connectivity index (χ3n) is 7.02. The topological polar surface area (TPSA) is 24.1 Å². The molecule has 2 aliphatic rings. The number of allylic oxidation sites excluding steroid dienone is 8. The molecule has 6 aromatic carbocycles. The molecule has 2 nitrogen and oxygen atoms in total. The molecule has 0 bridgehead atoms. The Hall–Kier alpha value is -2.47. The second-order valence-corrected chi connectivity index (χ2v) is 9.50. The van der Waals surface area contributed by atoms with E-state index in [0.717, 1.165) is 12.8 Å². The molecule has 0 saturated heterocycles. The van der Waals surface area contributed by atoms with Gasteiger partial charge < -0.3 is 35.4 Å². The molecular weight excluding hydrogens is 738 g/mol. The Labute approximate surface area is 312 Å². The summed E-state index contributed by atoms with van der Waals surface area (Å²) < 4.78 is 0. The van der Waals surface area contributed by atoms with Crippen molar-refractivity contribution in [2.45, 2.75) is 12.8 Å². The largest absolute Gasteiger partial charge is 2.00 e. The second-order valence-electron chi connectivity index (χ2n) is 9.50. The molecule has 0 spiro atoms. The van der Waals surface area contributed by atoms with E-state index in [1.54, 1.807) is 0 Å². The Bertz CT molecular complexity index is 1690. The van der Waals surface area contributed by atoms with Gasteiger partial charge in [0.25, 0.3) is 0 Å². The van der Waals surface area contributed by atoms with Gasteiger partial charge in [-0.25, -0.2) is 24.3 Å². The van der Waals surface area contributed by atoms with Gasteiger partial charge in [-0.1, -0.05) is 72.8 Å². The van der Waals surface area contributed by atoms with Crippen LogP contribution in [0.2, 0.25) is 0 Å². The Kier molecular flexibility index (Phi) is 18.5. The first-order chi connectivity index (χ1) is 19.8. The summed E-state index contributed by atoms with van der Waals surface area (Å²) in [6.45, 7) is 0. The van der Waals surface area contributed by atoms with E-state index in [2.05, 4.69) is 132 Å². The molecule has 8 rings (SSSR count). The van der Waals surface area contributed by atoms with Crippen molar-refractivity contribution in [1.29, 1.82) is 0 Å². The third kappa shape index (κ3) is 9.76. The minimum Gasteiger partial charge on any atom is -1.00 e. The first-order valence-corrected chi connectivity index (χ1v) is 13.7. The molecule has 2 N–H and O–H groups in total. The van der Waals surface area contributed by atoms with Crippen LogP contribution in [0.5, 0.6) is 0 Å². The van der Waals surface area contributed by atoms with Gasteiger partial charge >= 0.3 is 52.4 Å². The Balaban J connectivity index is 0.000000314. The number of halogens is 2. The second kappa shape index (κ2) is 20.5. The maximum Gasteiger partial charge on any atom is 2.00 e. The van der Waals surface area contributed by atoms with E-state index in [-0.39, 0.29) is 77.2 Å². The van der Waals surface area contributed by atoms with Crippen LogP contribution in [0.3, 0.4) is 0 Å². The van der Waals surface area contributed by atoms with Crippen LogP contribution < -0.4 is 35.4 Å². The van der Waals surface area contributed by atoms with Crippen LogP contribution in [-0.2, 0) is 52.4 Å². The zero-order valence-corrected chi connectivity index (χ0v) is 31.3. The average molecular weight is 772 g/mol. The summed E-state index contributed by atoms with van der Waals surface area (Å²) in [6, 6.07) is 34.3. The predicted molar refractivity (Wildman–Crippen MR) is 176 cm³/mol. The van der Waals surface area contributed by atoms with Crippen LogP contribution in [0, 0.1) is 12.2 Å². The van der Waals surface area contributed by atoms with Gasteiger partial charge in [0.05, 0.1) is 0 Å². The average Bonchev–Trinajstić information content (AvgIpc) is 3.84. The number of anilines is 2. The molecule has 0 radical (unpaired) electrons. The zero-order chi connectivity index (χ0) is 27.6. The smallest absolute Gasteiger partial charge is 1.00 e. The number of hydrogen-bond donors (Lipinski definition) is 2. The first-order valence-electron chi connectivity index (χ1n) is 13.7. The van der Waals surface area contributed by atoms with Gasteiger partial charge in [-0.05, 0) is 25.5 Å². The van der Waals surface area contributed by atoms with Crippen LogP contribution in [0.4, 0.5) is 11.4 Å². The van der Waals surface area contributed by atoms with E-state index in [1.807, 2.05) is 38.4 Å². The fraction of sp³-hybridized carbons (Fsp3) is 0.105. The van der Waals surface area contributed by atoms with Crippen molar-refractivity contribution in [2.75, 3.05) is 24.7 Å². The molecule has 6 aromatic rings. The van der Waals surface area contributed by atoms with Crippen molar-refractivity contribution >= 4 is 54.5 Å². The Morgan fingerprint density at radius 3 is 1.23 bits per heavy atom. The predicted octanol–water partition coefficient (Wildman–Crippen LogP) is 4.12. The molecular formula is C38H34Cl2N2Zr2-2. The molecule has 0 atom stereocenters. The number of benzene rings is 4. The summed E-state index contributed by atoms with van der Waals surface area (Å²) in [5, 5.41) is 17.0. The number of nitrogens with one attached hydrogen (secondary N) is 2. The standard InChI is InChI=1S/2C14H12N.2C5H5.2ClH.2Zr/c2*1-15-14-8-4-7-12-11-6-3-2-5-10(11)9-13(12)14;2*1-2-4-5-3-1;;;;/h2*2-9,15H,1H3;2*1-3H,4H2;2*1H;;/q4*-1;;;2*+2/p-2. The van der Waals surface area contributed by atoms with Crippen LogP contribution in [0.15, 0.2) is 134 Å². The van der Waals surface area contributed by atoms with E-state index in [0.29, 0.717) is 0 Å². The van der Waals surface area contributed by atoms with Gasteiger partial charge in [0.15, 0.2) is 0 Å². The molecule has 6 heteroatoms. The molecule has 0 heterocycles. The summed E-state index contributed by atoms with van der Waals surface area (Å²) in [4.78, 5) is 0. The van der Waals surface area contributed by atoms with E-state index in [1.165, 1.54) is 54.5 Å². The number of hydrogen-bond acceptors (Lipinski definition) is 2. The van der Waals surface area contributed by atoms with Gasteiger partial charge in [-0.3, -0.25) is 12.2 Å². The molecule has 0 amide bonds. The number of fused-ring (bicyclic) bond motifs is 6. The Morgan fingerprint density at radius 2 is 0.909 bits per heavy atom. The first kappa shape index (κ1) is 39.6. The van der Waals surface area contributed by atoms with E-state index in [4.69, 9.17) is 0 Å². The molecule has 44 heavy (non-hydrogen) atoms. The van der Waals surface area contributed by atoms with Gasteiger partial charge in [0.2, 0.25) is 0 Å². The minimum atomic E-state index is 0. The molecule has 0 fully saturated rings. The summed E-state index contributed by atoms with van der Waals surface area (Å²) in [5.74, 6) is 0. The van der Waals surface area contributed by atoms with Crippen molar-refractivity contribution in [1.82, 2.24) is 0 Å². The van der Waals surface area contributed by atoms with E-state index < -0.39 is 0 Å². The van der Waals surface area contributed by atoms with Crippen molar-refractivity contribution in [3.05, 3.63) is 146 Å². The molecule has 2 aliphatic carbocycles. The van der Waals surface area contributed by atoms with Gasteiger partial charge in [-0.15, -0.1) is 80.2 Å². The molecule has 0 aliphatic heterocycles. The van der Waals surface area contributed by atoms with Crippen LogP contribution in [-0.4, -0.2) is 14.1 Å². The van der Waals surface area contributed by atoms with Crippen molar-refractivity contribution in [2.24, 2.45) is 0 Å². The summed E-state index contributed by atoms with van der Waals surface area (Å²) in [7, 11) is 3.93. The SMILES string of the molecule is CNc1cccc2c1[cH-]c1ccccc12.CNc1cccc2c1[cH-]c1ccccc12.[C-]1=CC=CC1.[C-]1=CC=CC1.[Cl-].[Cl-].[Zr+2].[Zr+2]. The summed E-state index contributed by atoms with van der Waals surface area (Å²) in [5.41, 5.74) is 2.40. The van der Waals surface area contributed by atoms with Crippen LogP contribution in [0.1, 0.15) is 12.8 Å². The molecule has 220 valence electrons. The summed E-state index contributed by atoms with van der Waals surface area (Å²) >= 11 is 0. The molecule has 0 saturated carbocycles. The van der Waals surface area contributed by atoms with E-state index in [9.17, 15) is 0 Å². The molecule has 0 aromatic heterocycles. The zero-order valence-electron chi connectivity index (χ0n) is 24.9. The normalized spacial score (nSPS) is 11.5. The molecule has 0 unspecified atom stereocenters. The van der Waals surface area contributed by atoms with Crippen LogP contribution >= 0.6 is 0 Å². The third-order valence-corrected chi connectivity index (χ3v) is 7.02. The van der Waals surface area contributed by atoms with Crippen molar-refractivity contribution in [3.63, 3.8) is 0 Å². The Morgan fingerprint density at radius 1 is 0.523 bits per heavy atom. The maximum absolute atomic E-state index is 3.23. The summed E-state index contributed by atoms with van der Waals surface area (Å²) in [6.07, 6.45) is 20.0. The minimum absolute atomic E-state index is 0. The van der Waals surface area contributed by atoms with Crippen molar-refractivity contribution < 1.29 is 77.2 Å². The fourth-order valence-electron chi connectivity index (χ4n) is 5.07. The quantitative estimate of drug-likeness (QED) is 0.259. The van der Waals surface area contributed by atoms with E-state index >= 15 is 0 Å². The van der Waals surface area contributed by atoms with Crippen LogP contribution in [0.25, 0.3) is 43.1 Å². The van der Waals surface area contributed by atoms with Gasteiger partial charge in [0, 0.05) is 0 Å². The van der Waals surface area contributed by atoms with Crippen molar-refractivity contribution in [3.8, 4) is 0 Å². The van der Waals surface area contributed by atoms with Gasteiger partial charge in [0.1, 0.15) is 0 Å². The maximum atomic E-state index is 3.23. The van der Waals surface area contributed by atoms with Gasteiger partial charge in [-0.2, -0.15) is 12.2 Å². The number of rotatable bonds is 2.